The lowest BCUT2D eigenvalue weighted by Gasteiger charge is -2.27. The normalized spacial score (nSPS) is 14.6. The van der Waals surface area contributed by atoms with Gasteiger partial charge >= 0.3 is 5.97 Å². The number of guanidine groups is 3. The molecule has 0 spiro atoms. The largest absolute Gasteiger partial charge is 0.480 e. The molecule has 0 rings (SSSR count). The van der Waals surface area contributed by atoms with Gasteiger partial charge in [0.15, 0.2) is 17.9 Å². The first-order chi connectivity index (χ1) is 25.8. The van der Waals surface area contributed by atoms with Crippen molar-refractivity contribution in [2.24, 2.45) is 28.7 Å². The highest BCUT2D eigenvalue weighted by molar-refractivity contribution is 5.96. The summed E-state index contributed by atoms with van der Waals surface area (Å²) < 4.78 is 0. The first kappa shape index (κ1) is 49.5. The van der Waals surface area contributed by atoms with Gasteiger partial charge in [0.05, 0.1) is 12.1 Å². The van der Waals surface area contributed by atoms with Crippen molar-refractivity contribution < 1.29 is 39.0 Å². The van der Waals surface area contributed by atoms with Crippen LogP contribution in [-0.2, 0) is 28.8 Å². The minimum absolute atomic E-state index is 0.0164. The van der Waals surface area contributed by atoms with E-state index in [2.05, 4.69) is 42.5 Å². The monoisotopic (exact) mass is 786 g/mol. The van der Waals surface area contributed by atoms with Gasteiger partial charge in [-0.15, -0.1) is 0 Å². The molecule has 0 aromatic rings. The van der Waals surface area contributed by atoms with E-state index in [-0.39, 0.29) is 82.6 Å². The molecule has 0 heterocycles. The number of carbonyl (C=O) groups excluding carboxylic acids is 5. The molecule has 0 saturated heterocycles. The van der Waals surface area contributed by atoms with Crippen LogP contribution in [0.25, 0.3) is 0 Å². The van der Waals surface area contributed by atoms with E-state index >= 15 is 0 Å². The molecule has 24 nitrogen and oxygen atoms in total. The Hall–Kier alpha value is -5.49. The highest BCUT2D eigenvalue weighted by Crippen LogP contribution is 2.07. The number of carbonyl (C=O) groups is 6. The Labute approximate surface area is 319 Å². The highest BCUT2D eigenvalue weighted by atomic mass is 16.4. The molecule has 314 valence electrons. The molecule has 0 radical (unpaired) electrons. The van der Waals surface area contributed by atoms with Gasteiger partial charge in [-0.2, -0.15) is 0 Å². The molecule has 0 aliphatic rings. The standard InChI is InChI=1S/C31H62N16O8/c1-16(43-27(53)22(17(2)48)47-24(50)18(33)8-5-13-40-29(34)35)23(49)44-19(9-3-4-12-32)25(51)45-20(10-6-14-41-30(36)37)26(52)46-21(28(54)55)11-7-15-42-31(38)39/h16-22,48H,3-15,32-33H2,1-2H3,(H,43,53)(H,44,49)(H,45,51)(H,46,52)(H,47,50)(H,54,55)(H4,34,35,40)(H4,36,37,41)(H4,38,39,42)/t16-,17+,18-,19-,20-,21-,22-/m0/s1. The number of hydrogen-bond donors (Lipinski definition) is 18. The fourth-order valence-corrected chi connectivity index (χ4v) is 4.90. The number of rotatable bonds is 28. The molecular formula is C31H62N16O8. The summed E-state index contributed by atoms with van der Waals surface area (Å²) in [6.07, 6.45) is 0.498. The van der Waals surface area contributed by atoms with Crippen LogP contribution >= 0.6 is 0 Å². The van der Waals surface area contributed by atoms with Crippen molar-refractivity contribution in [1.29, 1.82) is 16.2 Å². The lowest BCUT2D eigenvalue weighted by atomic mass is 10.0. The molecule has 0 bridgehead atoms. The van der Waals surface area contributed by atoms with E-state index < -0.39 is 77.9 Å². The van der Waals surface area contributed by atoms with Crippen molar-refractivity contribution in [3.05, 3.63) is 0 Å². The maximum atomic E-state index is 13.6. The summed E-state index contributed by atoms with van der Waals surface area (Å²) in [6, 6.07) is -7.70. The Bertz CT molecular complexity index is 1300. The smallest absolute Gasteiger partial charge is 0.326 e. The van der Waals surface area contributed by atoms with Crippen LogP contribution in [0.3, 0.4) is 0 Å². The van der Waals surface area contributed by atoms with Crippen LogP contribution in [0.15, 0.2) is 0 Å². The van der Waals surface area contributed by atoms with Gasteiger partial charge in [0.2, 0.25) is 29.5 Å². The Morgan fingerprint density at radius 3 is 1.42 bits per heavy atom. The van der Waals surface area contributed by atoms with E-state index in [1.54, 1.807) is 0 Å². The number of hydrogen-bond acceptors (Lipinski definition) is 12. The number of carboxylic acids is 1. The van der Waals surface area contributed by atoms with Crippen LogP contribution in [0, 0.1) is 16.2 Å². The van der Waals surface area contributed by atoms with E-state index in [4.69, 9.17) is 44.9 Å². The van der Waals surface area contributed by atoms with E-state index in [0.717, 1.165) is 0 Å². The van der Waals surface area contributed by atoms with E-state index in [1.165, 1.54) is 13.8 Å². The molecule has 7 atom stereocenters. The molecule has 0 aliphatic carbocycles. The number of aliphatic carboxylic acids is 1. The van der Waals surface area contributed by atoms with Crippen LogP contribution in [0.2, 0.25) is 0 Å². The Kier molecular flexibility index (Phi) is 24.4. The van der Waals surface area contributed by atoms with Crippen LogP contribution in [-0.4, -0.2) is 132 Å². The quantitative estimate of drug-likeness (QED) is 0.0199. The number of aliphatic hydroxyl groups is 1. The molecule has 0 aromatic carbocycles. The van der Waals surface area contributed by atoms with Crippen molar-refractivity contribution in [3.8, 4) is 0 Å². The Morgan fingerprint density at radius 1 is 0.564 bits per heavy atom. The molecule has 0 unspecified atom stereocenters. The average molecular weight is 787 g/mol. The van der Waals surface area contributed by atoms with Crippen molar-refractivity contribution in [3.63, 3.8) is 0 Å². The summed E-state index contributed by atoms with van der Waals surface area (Å²) in [7, 11) is 0. The molecule has 0 aromatic heterocycles. The summed E-state index contributed by atoms with van der Waals surface area (Å²) in [5.74, 6) is -6.29. The molecule has 0 saturated carbocycles. The first-order valence-corrected chi connectivity index (χ1v) is 17.9. The van der Waals surface area contributed by atoms with E-state index in [0.29, 0.717) is 19.3 Å². The number of nitrogens with one attached hydrogen (secondary N) is 11. The van der Waals surface area contributed by atoms with Crippen LogP contribution in [0.5, 0.6) is 0 Å². The van der Waals surface area contributed by atoms with Gasteiger partial charge in [-0.1, -0.05) is 0 Å². The second-order valence-corrected chi connectivity index (χ2v) is 12.8. The van der Waals surface area contributed by atoms with Crippen LogP contribution in [0.1, 0.15) is 71.6 Å². The number of amides is 5. The van der Waals surface area contributed by atoms with E-state index in [1.807, 2.05) is 0 Å². The lowest BCUT2D eigenvalue weighted by molar-refractivity contribution is -0.142. The van der Waals surface area contributed by atoms with Crippen molar-refractivity contribution >= 4 is 53.4 Å². The zero-order valence-corrected chi connectivity index (χ0v) is 31.5. The van der Waals surface area contributed by atoms with Crippen molar-refractivity contribution in [2.45, 2.75) is 114 Å². The SMILES string of the molecule is C[C@H](NC(=O)[C@@H](NC(=O)[C@@H](N)CCCNC(=N)N)[C@@H](C)O)C(=O)N[C@@H](CCCCN)C(=O)N[C@@H](CCCNC(=N)N)C(=O)N[C@@H](CCCNC(=N)N)C(=O)O. The molecule has 24 heteroatoms. The Balaban J connectivity index is 5.82. The fourth-order valence-electron chi connectivity index (χ4n) is 4.90. The lowest BCUT2D eigenvalue weighted by Crippen LogP contribution is -2.60. The summed E-state index contributed by atoms with van der Waals surface area (Å²) in [5, 5.41) is 61.6. The zero-order chi connectivity index (χ0) is 42.1. The van der Waals surface area contributed by atoms with Crippen LogP contribution < -0.4 is 71.2 Å². The molecule has 0 aliphatic heterocycles. The summed E-state index contributed by atoms with van der Waals surface area (Å²) in [6.45, 7) is 3.47. The number of carboxylic acid groups (broad SMARTS) is 1. The summed E-state index contributed by atoms with van der Waals surface area (Å²) in [5.41, 5.74) is 27.3. The van der Waals surface area contributed by atoms with E-state index in [9.17, 15) is 39.0 Å². The fraction of sp³-hybridized carbons (Fsp3) is 0.710. The maximum Gasteiger partial charge on any atom is 0.326 e. The highest BCUT2D eigenvalue weighted by Gasteiger charge is 2.32. The second kappa shape index (κ2) is 27.1. The molecular weight excluding hydrogens is 724 g/mol. The van der Waals surface area contributed by atoms with Crippen LogP contribution in [0.4, 0.5) is 0 Å². The van der Waals surface area contributed by atoms with Gasteiger partial charge in [-0.25, -0.2) is 4.79 Å². The molecule has 55 heavy (non-hydrogen) atoms. The molecule has 23 N–H and O–H groups in total. The number of unbranched alkanes of at least 4 members (excludes halogenated alkanes) is 1. The minimum Gasteiger partial charge on any atom is -0.480 e. The third-order valence-corrected chi connectivity index (χ3v) is 7.96. The number of nitrogens with two attached hydrogens (primary N) is 5. The van der Waals surface area contributed by atoms with Crippen molar-refractivity contribution in [1.82, 2.24) is 42.5 Å². The minimum atomic E-state index is -1.50. The predicted molar refractivity (Wildman–Crippen MR) is 203 cm³/mol. The van der Waals surface area contributed by atoms with Gasteiger partial charge in [0.1, 0.15) is 30.2 Å². The van der Waals surface area contributed by atoms with Gasteiger partial charge in [-0.05, 0) is 78.2 Å². The van der Waals surface area contributed by atoms with Gasteiger partial charge in [0, 0.05) is 19.6 Å². The summed E-state index contributed by atoms with van der Waals surface area (Å²) in [4.78, 5) is 77.9. The third kappa shape index (κ3) is 22.4. The van der Waals surface area contributed by atoms with Gasteiger partial charge in [0.25, 0.3) is 0 Å². The van der Waals surface area contributed by atoms with Gasteiger partial charge in [-0.3, -0.25) is 40.2 Å². The predicted octanol–water partition coefficient (Wildman–Crippen LogP) is -5.86. The summed E-state index contributed by atoms with van der Waals surface area (Å²) >= 11 is 0. The molecule has 5 amide bonds. The van der Waals surface area contributed by atoms with Crippen molar-refractivity contribution in [2.75, 3.05) is 26.2 Å². The third-order valence-electron chi connectivity index (χ3n) is 7.96. The van der Waals surface area contributed by atoms with Gasteiger partial charge < -0.3 is 81.4 Å². The molecule has 0 fully saturated rings. The second-order valence-electron chi connectivity index (χ2n) is 12.8. The maximum absolute atomic E-state index is 13.6. The number of aliphatic hydroxyl groups excluding tert-OH is 1. The topological polar surface area (TPSA) is 441 Å². The zero-order valence-electron chi connectivity index (χ0n) is 31.5. The Morgan fingerprint density at radius 2 is 0.982 bits per heavy atom. The average Bonchev–Trinajstić information content (AvgIpc) is 3.09. The first-order valence-electron chi connectivity index (χ1n) is 17.9.